The highest BCUT2D eigenvalue weighted by atomic mass is 16.5. The van der Waals surface area contributed by atoms with E-state index >= 15 is 0 Å². The van der Waals surface area contributed by atoms with E-state index in [-0.39, 0.29) is 18.8 Å². The third-order valence-electron chi connectivity index (χ3n) is 6.65. The van der Waals surface area contributed by atoms with Crippen molar-refractivity contribution in [3.63, 3.8) is 0 Å². The molecule has 178 valence electrons. The monoisotopic (exact) mass is 469 g/mol. The number of aromatic nitrogens is 5. The van der Waals surface area contributed by atoms with Gasteiger partial charge in [0.25, 0.3) is 0 Å². The first-order chi connectivity index (χ1) is 17.0. The average molecular weight is 470 g/mol. The quantitative estimate of drug-likeness (QED) is 0.434. The molecular weight excluding hydrogens is 442 g/mol. The smallest absolute Gasteiger partial charge is 0.146 e. The number of nitriles is 1. The van der Waals surface area contributed by atoms with E-state index in [1.54, 1.807) is 12.4 Å². The lowest BCUT2D eigenvalue weighted by Gasteiger charge is -2.25. The maximum Gasteiger partial charge on any atom is 0.146 e. The van der Waals surface area contributed by atoms with Crippen molar-refractivity contribution in [1.82, 2.24) is 25.4 Å². The number of aliphatic hydroxyl groups excluding tert-OH is 1. The number of aryl methyl sites for hydroxylation is 2. The maximum absolute atomic E-state index is 9.83. The number of benzene rings is 1. The second-order valence-corrected chi connectivity index (χ2v) is 8.95. The molecule has 0 radical (unpaired) electrons. The van der Waals surface area contributed by atoms with Gasteiger partial charge in [-0.05, 0) is 63.4 Å². The summed E-state index contributed by atoms with van der Waals surface area (Å²) in [6, 6.07) is 9.88. The number of aliphatic hydroxyl groups is 1. The molecule has 0 aliphatic carbocycles. The van der Waals surface area contributed by atoms with Gasteiger partial charge in [0.1, 0.15) is 29.4 Å². The molecule has 0 spiro atoms. The molecule has 1 aliphatic rings. The zero-order valence-electron chi connectivity index (χ0n) is 20.0. The molecule has 9 heteroatoms. The first-order valence-corrected chi connectivity index (χ1v) is 11.7. The van der Waals surface area contributed by atoms with Crippen LogP contribution in [0.1, 0.15) is 48.3 Å². The van der Waals surface area contributed by atoms with E-state index in [1.165, 1.54) is 0 Å². The Bertz CT molecular complexity index is 1400. The van der Waals surface area contributed by atoms with Gasteiger partial charge >= 0.3 is 0 Å². The van der Waals surface area contributed by atoms with Crippen molar-refractivity contribution >= 4 is 16.7 Å². The van der Waals surface area contributed by atoms with Crippen LogP contribution in [0.2, 0.25) is 0 Å². The van der Waals surface area contributed by atoms with Crippen LogP contribution in [0, 0.1) is 25.2 Å². The van der Waals surface area contributed by atoms with Gasteiger partial charge in [-0.3, -0.25) is 5.10 Å². The van der Waals surface area contributed by atoms with Crippen molar-refractivity contribution in [3.05, 3.63) is 59.0 Å². The second-order valence-electron chi connectivity index (χ2n) is 8.95. The number of aromatic amines is 1. The number of ether oxygens (including phenoxy) is 1. The summed E-state index contributed by atoms with van der Waals surface area (Å²) in [5, 5.41) is 36.1. The normalized spacial score (nSPS) is 16.4. The van der Waals surface area contributed by atoms with E-state index < -0.39 is 0 Å². The maximum atomic E-state index is 9.83. The molecule has 4 aromatic rings. The number of H-pyrrole nitrogens is 1. The second kappa shape index (κ2) is 9.31. The largest absolute Gasteiger partial charge is 0.486 e. The molecule has 1 aromatic carbocycles. The summed E-state index contributed by atoms with van der Waals surface area (Å²) in [6.45, 7) is 6.76. The molecule has 4 heterocycles. The number of hydrogen-bond donors (Lipinski definition) is 2. The third kappa shape index (κ3) is 4.17. The minimum Gasteiger partial charge on any atom is -0.486 e. The van der Waals surface area contributed by atoms with Crippen LogP contribution in [0.4, 0.5) is 5.82 Å². The number of anilines is 1. The predicted octanol–water partition coefficient (Wildman–Crippen LogP) is 4.00. The fourth-order valence-electron chi connectivity index (χ4n) is 4.98. The zero-order chi connectivity index (χ0) is 24.5. The Hall–Kier alpha value is -4.03. The molecule has 1 saturated heterocycles. The third-order valence-corrected chi connectivity index (χ3v) is 6.65. The van der Waals surface area contributed by atoms with Crippen LogP contribution in [0.5, 0.6) is 5.75 Å². The van der Waals surface area contributed by atoms with E-state index in [0.29, 0.717) is 22.8 Å². The first-order valence-electron chi connectivity index (χ1n) is 11.7. The zero-order valence-corrected chi connectivity index (χ0v) is 20.0. The minimum absolute atomic E-state index is 0.00349. The fourth-order valence-corrected chi connectivity index (χ4v) is 4.98. The van der Waals surface area contributed by atoms with E-state index in [1.807, 2.05) is 49.9 Å². The summed E-state index contributed by atoms with van der Waals surface area (Å²) in [4.78, 5) is 6.64. The molecule has 2 N–H and O–H groups in total. The van der Waals surface area contributed by atoms with Gasteiger partial charge in [0.15, 0.2) is 0 Å². The van der Waals surface area contributed by atoms with E-state index in [4.69, 9.17) is 4.74 Å². The summed E-state index contributed by atoms with van der Waals surface area (Å²) < 4.78 is 6.28. The topological polar surface area (TPSA) is 124 Å². The first kappa shape index (κ1) is 22.7. The van der Waals surface area contributed by atoms with Crippen LogP contribution in [0.15, 0.2) is 36.7 Å². The Balaban J connectivity index is 1.48. The molecule has 0 bridgehead atoms. The van der Waals surface area contributed by atoms with Crippen molar-refractivity contribution in [2.75, 3.05) is 18.1 Å². The summed E-state index contributed by atoms with van der Waals surface area (Å²) in [6.07, 6.45) is 5.14. The summed E-state index contributed by atoms with van der Waals surface area (Å²) >= 11 is 0. The van der Waals surface area contributed by atoms with Gasteiger partial charge in [0, 0.05) is 29.3 Å². The molecule has 1 aliphatic heterocycles. The number of hydrogen-bond acceptors (Lipinski definition) is 8. The number of nitrogens with one attached hydrogen (secondary N) is 1. The minimum atomic E-state index is -0.204. The Morgan fingerprint density at radius 3 is 2.91 bits per heavy atom. The van der Waals surface area contributed by atoms with Crippen LogP contribution in [0.3, 0.4) is 0 Å². The average Bonchev–Trinajstić information content (AvgIpc) is 3.50. The van der Waals surface area contributed by atoms with Crippen molar-refractivity contribution in [2.24, 2.45) is 0 Å². The Morgan fingerprint density at radius 1 is 1.29 bits per heavy atom. The van der Waals surface area contributed by atoms with Gasteiger partial charge in [0.05, 0.1) is 35.6 Å². The lowest BCUT2D eigenvalue weighted by molar-refractivity contribution is 0.225. The highest BCUT2D eigenvalue weighted by Crippen LogP contribution is 2.34. The summed E-state index contributed by atoms with van der Waals surface area (Å²) in [7, 11) is 0. The fraction of sp³-hybridized carbons (Fsp3) is 0.346. The number of nitrogens with zero attached hydrogens (tertiary/aromatic N) is 6. The van der Waals surface area contributed by atoms with Gasteiger partial charge in [0.2, 0.25) is 0 Å². The Labute approximate surface area is 203 Å². The van der Waals surface area contributed by atoms with E-state index in [0.717, 1.165) is 52.7 Å². The van der Waals surface area contributed by atoms with Gasteiger partial charge in [-0.1, -0.05) is 0 Å². The molecule has 1 fully saturated rings. The van der Waals surface area contributed by atoms with Crippen LogP contribution in [-0.2, 0) is 0 Å². The van der Waals surface area contributed by atoms with Crippen LogP contribution in [-0.4, -0.2) is 49.7 Å². The molecule has 35 heavy (non-hydrogen) atoms. The molecule has 0 amide bonds. The van der Waals surface area contributed by atoms with E-state index in [2.05, 4.69) is 31.4 Å². The SMILES string of the molecule is Cc1cnnc(C)c1C(C)Oc1ccc2[nH]nc(-c3cnc(N4CCC[C@H]4CO)c(C#N)c3)c2c1. The molecule has 5 rings (SSSR count). The predicted molar refractivity (Wildman–Crippen MR) is 132 cm³/mol. The van der Waals surface area contributed by atoms with Crippen molar-refractivity contribution in [2.45, 2.75) is 45.8 Å². The van der Waals surface area contributed by atoms with E-state index in [9.17, 15) is 10.4 Å². The van der Waals surface area contributed by atoms with Crippen molar-refractivity contribution < 1.29 is 9.84 Å². The summed E-state index contributed by atoms with van der Waals surface area (Å²) in [5.41, 5.74) is 5.68. The van der Waals surface area contributed by atoms with Crippen LogP contribution < -0.4 is 9.64 Å². The molecular formula is C26H27N7O2. The number of fused-ring (bicyclic) bond motifs is 1. The molecule has 2 atom stereocenters. The Kier molecular flexibility index (Phi) is 6.05. The summed E-state index contributed by atoms with van der Waals surface area (Å²) in [5.74, 6) is 1.32. The van der Waals surface area contributed by atoms with Gasteiger partial charge < -0.3 is 14.7 Å². The molecule has 9 nitrogen and oxygen atoms in total. The van der Waals surface area contributed by atoms with Crippen LogP contribution in [0.25, 0.3) is 22.2 Å². The Morgan fingerprint density at radius 2 is 2.14 bits per heavy atom. The van der Waals surface area contributed by atoms with Crippen molar-refractivity contribution in [3.8, 4) is 23.1 Å². The van der Waals surface area contributed by atoms with Gasteiger partial charge in [-0.15, -0.1) is 0 Å². The molecule has 1 unspecified atom stereocenters. The van der Waals surface area contributed by atoms with Gasteiger partial charge in [-0.25, -0.2) is 4.98 Å². The highest BCUT2D eigenvalue weighted by molar-refractivity contribution is 5.94. The lowest BCUT2D eigenvalue weighted by atomic mass is 10.0. The highest BCUT2D eigenvalue weighted by Gasteiger charge is 2.27. The molecule has 3 aromatic heterocycles. The number of rotatable bonds is 6. The van der Waals surface area contributed by atoms with Crippen LogP contribution >= 0.6 is 0 Å². The number of pyridine rings is 1. The lowest BCUT2D eigenvalue weighted by Crippen LogP contribution is -2.33. The standard InChI is InChI=1S/C26H27N7O2/c1-15-12-29-30-16(2)24(15)17(3)35-21-6-7-23-22(10-21)25(32-31-23)19-9-18(11-27)26(28-13-19)33-8-4-5-20(33)14-34/h6-7,9-10,12-13,17,20,34H,4-5,8,14H2,1-3H3,(H,31,32)/t17?,20-/m0/s1. The van der Waals surface area contributed by atoms with Gasteiger partial charge in [-0.2, -0.15) is 20.6 Å². The molecule has 0 saturated carbocycles. The van der Waals surface area contributed by atoms with Crippen molar-refractivity contribution in [1.29, 1.82) is 5.26 Å².